The first-order valence-electron chi connectivity index (χ1n) is 8.13. The highest BCUT2D eigenvalue weighted by Gasteiger charge is 2.56. The fraction of sp³-hybridized carbons (Fsp3) is 0.556. The van der Waals surface area contributed by atoms with Crippen molar-refractivity contribution in [1.29, 1.82) is 0 Å². The van der Waals surface area contributed by atoms with Gasteiger partial charge in [0.15, 0.2) is 0 Å². The van der Waals surface area contributed by atoms with Gasteiger partial charge in [-0.05, 0) is 45.7 Å². The lowest BCUT2D eigenvalue weighted by Crippen LogP contribution is -2.44. The van der Waals surface area contributed by atoms with Crippen molar-refractivity contribution in [3.05, 3.63) is 35.9 Å². The third-order valence-corrected chi connectivity index (χ3v) is 4.54. The summed E-state index contributed by atoms with van der Waals surface area (Å²) < 4.78 is 5.35. The lowest BCUT2D eigenvalue weighted by molar-refractivity contribution is 0.0490. The molecule has 1 saturated carbocycles. The van der Waals surface area contributed by atoms with Crippen LogP contribution in [0.2, 0.25) is 0 Å². The van der Waals surface area contributed by atoms with Gasteiger partial charge in [-0.25, -0.2) is 4.79 Å². The molecule has 5 heteroatoms. The zero-order valence-electron chi connectivity index (χ0n) is 14.0. The van der Waals surface area contributed by atoms with Crippen LogP contribution >= 0.6 is 0 Å². The van der Waals surface area contributed by atoms with E-state index < -0.39 is 11.7 Å². The monoisotopic (exact) mass is 316 g/mol. The Balaban J connectivity index is 1.65. The normalized spacial score (nSPS) is 22.0. The van der Waals surface area contributed by atoms with E-state index in [1.54, 1.807) is 0 Å². The molecule has 1 aliphatic heterocycles. The topological polar surface area (TPSA) is 58.6 Å². The molecular weight excluding hydrogens is 292 g/mol. The number of nitrogens with zero attached hydrogens (tertiary/aromatic N) is 1. The molecule has 1 heterocycles. The number of hydrogen-bond donors (Lipinski definition) is 1. The number of carbonyl (C=O) groups is 2. The van der Waals surface area contributed by atoms with Crippen LogP contribution in [0.25, 0.3) is 0 Å². The molecule has 1 atom stereocenters. The maximum absolute atomic E-state index is 12.6. The minimum Gasteiger partial charge on any atom is -0.444 e. The summed E-state index contributed by atoms with van der Waals surface area (Å²) in [4.78, 5) is 26.5. The van der Waals surface area contributed by atoms with Crippen LogP contribution in [-0.2, 0) is 4.74 Å². The first-order chi connectivity index (χ1) is 10.8. The molecule has 1 aliphatic carbocycles. The molecule has 2 fully saturated rings. The lowest BCUT2D eigenvalue weighted by atomic mass is 10.0. The average molecular weight is 316 g/mol. The number of benzene rings is 1. The number of nitrogens with one attached hydrogen (secondary N) is 1. The molecule has 1 aromatic carbocycles. The van der Waals surface area contributed by atoms with Crippen molar-refractivity contribution in [2.45, 2.75) is 45.3 Å². The lowest BCUT2D eigenvalue weighted by Gasteiger charge is -2.23. The van der Waals surface area contributed by atoms with Crippen LogP contribution in [0.3, 0.4) is 0 Å². The van der Waals surface area contributed by atoms with Gasteiger partial charge in [0, 0.05) is 24.1 Å². The molecule has 0 aromatic heterocycles. The Morgan fingerprint density at radius 1 is 1.22 bits per heavy atom. The van der Waals surface area contributed by atoms with Gasteiger partial charge in [0.1, 0.15) is 5.60 Å². The minimum atomic E-state index is -0.515. The van der Waals surface area contributed by atoms with Gasteiger partial charge in [0.2, 0.25) is 0 Å². The summed E-state index contributed by atoms with van der Waals surface area (Å²) in [5.74, 6) is 0.0327. The number of alkyl carbamates (subject to hydrolysis) is 1. The summed E-state index contributed by atoms with van der Waals surface area (Å²) in [7, 11) is 0. The van der Waals surface area contributed by atoms with Crippen LogP contribution in [0.15, 0.2) is 30.3 Å². The van der Waals surface area contributed by atoms with E-state index in [4.69, 9.17) is 4.74 Å². The Morgan fingerprint density at radius 2 is 1.87 bits per heavy atom. The molecule has 2 aliphatic rings. The van der Waals surface area contributed by atoms with E-state index in [1.807, 2.05) is 56.0 Å². The number of carbonyl (C=O) groups excluding carboxylic acids is 2. The van der Waals surface area contributed by atoms with Crippen molar-refractivity contribution in [2.75, 3.05) is 13.1 Å². The van der Waals surface area contributed by atoms with Crippen molar-refractivity contribution in [3.63, 3.8) is 0 Å². The highest BCUT2D eigenvalue weighted by molar-refractivity contribution is 5.94. The van der Waals surface area contributed by atoms with E-state index in [-0.39, 0.29) is 17.4 Å². The molecule has 1 spiro atoms. The summed E-state index contributed by atoms with van der Waals surface area (Å²) in [6.07, 6.45) is 1.70. The fourth-order valence-corrected chi connectivity index (χ4v) is 3.20. The predicted octanol–water partition coefficient (Wildman–Crippen LogP) is 2.82. The quantitative estimate of drug-likeness (QED) is 0.913. The summed E-state index contributed by atoms with van der Waals surface area (Å²) in [6, 6.07) is 9.27. The standard InChI is InChI=1S/C18H24N2O3/c1-17(2,3)23-16(22)19-14-11-20(12-18(14)9-10-18)15(21)13-7-5-4-6-8-13/h4-8,14H,9-12H2,1-3H3,(H,19,22)/t14-/m1/s1. The van der Waals surface area contributed by atoms with E-state index in [9.17, 15) is 9.59 Å². The Labute approximate surface area is 137 Å². The van der Waals surface area contributed by atoms with Gasteiger partial charge in [-0.15, -0.1) is 0 Å². The second kappa shape index (κ2) is 5.55. The van der Waals surface area contributed by atoms with Crippen molar-refractivity contribution in [2.24, 2.45) is 5.41 Å². The third-order valence-electron chi connectivity index (χ3n) is 4.54. The van der Waals surface area contributed by atoms with Crippen LogP contribution in [0, 0.1) is 5.41 Å². The van der Waals surface area contributed by atoms with E-state index >= 15 is 0 Å². The van der Waals surface area contributed by atoms with E-state index in [2.05, 4.69) is 5.32 Å². The molecular formula is C18H24N2O3. The molecule has 1 N–H and O–H groups in total. The molecule has 3 rings (SSSR count). The van der Waals surface area contributed by atoms with Crippen LogP contribution < -0.4 is 5.32 Å². The Morgan fingerprint density at radius 3 is 2.43 bits per heavy atom. The number of likely N-dealkylation sites (tertiary alicyclic amines) is 1. The van der Waals surface area contributed by atoms with Gasteiger partial charge < -0.3 is 15.0 Å². The maximum atomic E-state index is 12.6. The zero-order valence-corrected chi connectivity index (χ0v) is 14.0. The van der Waals surface area contributed by atoms with E-state index in [1.165, 1.54) is 0 Å². The summed E-state index contributed by atoms with van der Waals surface area (Å²) in [6.45, 7) is 6.80. The summed E-state index contributed by atoms with van der Waals surface area (Å²) in [5, 5.41) is 2.97. The molecule has 5 nitrogen and oxygen atoms in total. The molecule has 0 bridgehead atoms. The van der Waals surface area contributed by atoms with Gasteiger partial charge >= 0.3 is 6.09 Å². The van der Waals surface area contributed by atoms with Crippen LogP contribution in [0.1, 0.15) is 44.0 Å². The molecule has 2 amide bonds. The number of amides is 2. The highest BCUT2D eigenvalue weighted by atomic mass is 16.6. The Hall–Kier alpha value is -2.04. The van der Waals surface area contributed by atoms with Gasteiger partial charge in [0.25, 0.3) is 5.91 Å². The fourth-order valence-electron chi connectivity index (χ4n) is 3.20. The van der Waals surface area contributed by atoms with Gasteiger partial charge in [-0.3, -0.25) is 4.79 Å². The smallest absolute Gasteiger partial charge is 0.407 e. The zero-order chi connectivity index (χ0) is 16.7. The van der Waals surface area contributed by atoms with Gasteiger partial charge in [-0.1, -0.05) is 18.2 Å². The molecule has 124 valence electrons. The first kappa shape index (κ1) is 15.8. The second-order valence-corrected chi connectivity index (χ2v) is 7.61. The molecule has 0 unspecified atom stereocenters. The SMILES string of the molecule is CC(C)(C)OC(=O)N[C@@H]1CN(C(=O)c2ccccc2)CC12CC2. The van der Waals surface area contributed by atoms with Gasteiger partial charge in [-0.2, -0.15) is 0 Å². The summed E-state index contributed by atoms with van der Waals surface area (Å²) >= 11 is 0. The van der Waals surface area contributed by atoms with E-state index in [0.29, 0.717) is 18.7 Å². The Kier molecular flexibility index (Phi) is 3.82. The molecule has 1 saturated heterocycles. The average Bonchev–Trinajstić information content (AvgIpc) is 3.16. The molecule has 23 heavy (non-hydrogen) atoms. The minimum absolute atomic E-state index is 0.0231. The van der Waals surface area contributed by atoms with Crippen LogP contribution in [0.5, 0.6) is 0 Å². The summed E-state index contributed by atoms with van der Waals surface area (Å²) in [5.41, 5.74) is 0.224. The van der Waals surface area contributed by atoms with Crippen molar-refractivity contribution in [1.82, 2.24) is 10.2 Å². The van der Waals surface area contributed by atoms with Crippen LogP contribution in [-0.4, -0.2) is 41.6 Å². The predicted molar refractivity (Wildman–Crippen MR) is 87.2 cm³/mol. The largest absolute Gasteiger partial charge is 0.444 e. The first-order valence-corrected chi connectivity index (χ1v) is 8.13. The van der Waals surface area contributed by atoms with E-state index in [0.717, 1.165) is 12.8 Å². The second-order valence-electron chi connectivity index (χ2n) is 7.61. The molecule has 1 aromatic rings. The van der Waals surface area contributed by atoms with Gasteiger partial charge in [0.05, 0.1) is 6.04 Å². The highest BCUT2D eigenvalue weighted by Crippen LogP contribution is 2.53. The van der Waals surface area contributed by atoms with Crippen molar-refractivity contribution < 1.29 is 14.3 Å². The Bertz CT molecular complexity index is 602. The maximum Gasteiger partial charge on any atom is 0.407 e. The van der Waals surface area contributed by atoms with Crippen molar-refractivity contribution >= 4 is 12.0 Å². The number of ether oxygens (including phenoxy) is 1. The van der Waals surface area contributed by atoms with Crippen LogP contribution in [0.4, 0.5) is 4.79 Å². The van der Waals surface area contributed by atoms with Crippen molar-refractivity contribution in [3.8, 4) is 0 Å². The molecule has 0 radical (unpaired) electrons. The number of hydrogen-bond acceptors (Lipinski definition) is 3. The third kappa shape index (κ3) is 3.49. The number of rotatable bonds is 2.